The lowest BCUT2D eigenvalue weighted by Gasteiger charge is -2.10. The van der Waals surface area contributed by atoms with Crippen LogP contribution in [-0.2, 0) is 6.54 Å². The van der Waals surface area contributed by atoms with Gasteiger partial charge in [-0.3, -0.25) is 0 Å². The number of halogens is 1. The molecule has 4 nitrogen and oxygen atoms in total. The first kappa shape index (κ1) is 16.4. The topological polar surface area (TPSA) is 50.4 Å². The van der Waals surface area contributed by atoms with Gasteiger partial charge in [-0.1, -0.05) is 42.0 Å². The zero-order valence-corrected chi connectivity index (χ0v) is 14.0. The van der Waals surface area contributed by atoms with Crippen LogP contribution in [0.3, 0.4) is 0 Å². The first-order valence-corrected chi connectivity index (χ1v) is 7.89. The van der Waals surface area contributed by atoms with Gasteiger partial charge in [-0.25, -0.2) is 4.79 Å². The molecule has 2 amide bonds. The van der Waals surface area contributed by atoms with Gasteiger partial charge in [-0.05, 0) is 40.5 Å². The lowest BCUT2D eigenvalue weighted by atomic mass is 10.1. The molecule has 2 rings (SSSR count). The zero-order valence-electron chi connectivity index (χ0n) is 12.4. The first-order chi connectivity index (χ1) is 10.6. The number of carbonyl (C=O) groups excluding carboxylic acids is 1. The molecule has 0 aliphatic carbocycles. The van der Waals surface area contributed by atoms with Crippen LogP contribution >= 0.6 is 15.9 Å². The molecule has 0 spiro atoms. The van der Waals surface area contributed by atoms with Crippen LogP contribution in [0.25, 0.3) is 0 Å². The largest absolute Gasteiger partial charge is 0.491 e. The van der Waals surface area contributed by atoms with Gasteiger partial charge in [0.05, 0.1) is 11.0 Å². The summed E-state index contributed by atoms with van der Waals surface area (Å²) < 4.78 is 6.48. The minimum absolute atomic E-state index is 0.198. The second-order valence-corrected chi connectivity index (χ2v) is 5.73. The molecule has 2 aromatic carbocycles. The molecule has 0 saturated carbocycles. The average Bonchev–Trinajstić information content (AvgIpc) is 2.52. The highest BCUT2D eigenvalue weighted by molar-refractivity contribution is 9.10. The molecule has 2 N–H and O–H groups in total. The van der Waals surface area contributed by atoms with Crippen molar-refractivity contribution in [3.05, 3.63) is 64.1 Å². The van der Waals surface area contributed by atoms with Crippen molar-refractivity contribution in [1.29, 1.82) is 0 Å². The van der Waals surface area contributed by atoms with Gasteiger partial charge in [0.1, 0.15) is 12.4 Å². The summed E-state index contributed by atoms with van der Waals surface area (Å²) in [6.07, 6.45) is 0. The van der Waals surface area contributed by atoms with Crippen LogP contribution in [-0.4, -0.2) is 19.2 Å². The minimum atomic E-state index is -0.198. The zero-order chi connectivity index (χ0) is 15.8. The highest BCUT2D eigenvalue weighted by atomic mass is 79.9. The number of hydrogen-bond donors (Lipinski definition) is 2. The van der Waals surface area contributed by atoms with Crippen molar-refractivity contribution in [1.82, 2.24) is 10.6 Å². The third-order valence-electron chi connectivity index (χ3n) is 3.06. The Kier molecular flexibility index (Phi) is 6.27. The van der Waals surface area contributed by atoms with Crippen LogP contribution in [0.4, 0.5) is 4.79 Å². The standard InChI is InChI=1S/C17H19BrN2O2/c1-13-6-8-14(9-7-13)12-20-17(21)19-10-11-22-16-5-3-2-4-15(16)18/h2-9H,10-12H2,1H3,(H2,19,20,21). The molecular formula is C17H19BrN2O2. The van der Waals surface area contributed by atoms with E-state index < -0.39 is 0 Å². The fourth-order valence-electron chi connectivity index (χ4n) is 1.84. The Morgan fingerprint density at radius 3 is 2.55 bits per heavy atom. The van der Waals surface area contributed by atoms with E-state index in [1.165, 1.54) is 5.56 Å². The van der Waals surface area contributed by atoms with Crippen LogP contribution in [0.1, 0.15) is 11.1 Å². The van der Waals surface area contributed by atoms with Crippen molar-refractivity contribution in [2.24, 2.45) is 0 Å². The fourth-order valence-corrected chi connectivity index (χ4v) is 2.24. The quantitative estimate of drug-likeness (QED) is 0.770. The Balaban J connectivity index is 1.64. The number of hydrogen-bond acceptors (Lipinski definition) is 2. The normalized spacial score (nSPS) is 10.1. The third kappa shape index (κ3) is 5.41. The molecule has 0 heterocycles. The number of nitrogens with one attached hydrogen (secondary N) is 2. The van der Waals surface area contributed by atoms with Crippen molar-refractivity contribution in [2.75, 3.05) is 13.2 Å². The Hall–Kier alpha value is -2.01. The Labute approximate surface area is 139 Å². The summed E-state index contributed by atoms with van der Waals surface area (Å²) in [4.78, 5) is 11.7. The number of rotatable bonds is 6. The molecule has 22 heavy (non-hydrogen) atoms. The molecule has 116 valence electrons. The van der Waals surface area contributed by atoms with Crippen LogP contribution in [0, 0.1) is 6.92 Å². The summed E-state index contributed by atoms with van der Waals surface area (Å²) in [5, 5.41) is 5.58. The van der Waals surface area contributed by atoms with E-state index in [0.29, 0.717) is 19.7 Å². The van der Waals surface area contributed by atoms with Crippen molar-refractivity contribution in [3.8, 4) is 5.75 Å². The van der Waals surface area contributed by atoms with Crippen LogP contribution in [0.2, 0.25) is 0 Å². The molecule has 0 fully saturated rings. The van der Waals surface area contributed by atoms with Gasteiger partial charge in [0.2, 0.25) is 0 Å². The van der Waals surface area contributed by atoms with E-state index in [0.717, 1.165) is 15.8 Å². The van der Waals surface area contributed by atoms with E-state index in [1.807, 2.05) is 55.5 Å². The van der Waals surface area contributed by atoms with E-state index in [2.05, 4.69) is 26.6 Å². The van der Waals surface area contributed by atoms with Crippen molar-refractivity contribution in [3.63, 3.8) is 0 Å². The smallest absolute Gasteiger partial charge is 0.315 e. The molecular weight excluding hydrogens is 344 g/mol. The van der Waals surface area contributed by atoms with Crippen molar-refractivity contribution < 1.29 is 9.53 Å². The number of carbonyl (C=O) groups is 1. The van der Waals surface area contributed by atoms with Crippen molar-refractivity contribution >= 4 is 22.0 Å². The van der Waals surface area contributed by atoms with E-state index >= 15 is 0 Å². The van der Waals surface area contributed by atoms with Gasteiger partial charge in [-0.15, -0.1) is 0 Å². The molecule has 0 saturated heterocycles. The molecule has 0 unspecified atom stereocenters. The fraction of sp³-hybridized carbons (Fsp3) is 0.235. The summed E-state index contributed by atoms with van der Waals surface area (Å²) in [6, 6.07) is 15.5. The number of ether oxygens (including phenoxy) is 1. The minimum Gasteiger partial charge on any atom is -0.491 e. The number of urea groups is 1. The Bertz CT molecular complexity index is 614. The third-order valence-corrected chi connectivity index (χ3v) is 3.71. The van der Waals surface area contributed by atoms with Gasteiger partial charge in [-0.2, -0.15) is 0 Å². The monoisotopic (exact) mass is 362 g/mol. The molecule has 0 aliphatic rings. The SMILES string of the molecule is Cc1ccc(CNC(=O)NCCOc2ccccc2Br)cc1. The Morgan fingerprint density at radius 2 is 1.82 bits per heavy atom. The number of aryl methyl sites for hydroxylation is 1. The van der Waals surface area contributed by atoms with E-state index in [9.17, 15) is 4.79 Å². The lowest BCUT2D eigenvalue weighted by Crippen LogP contribution is -2.37. The first-order valence-electron chi connectivity index (χ1n) is 7.10. The van der Waals surface area contributed by atoms with Crippen LogP contribution in [0.5, 0.6) is 5.75 Å². The van der Waals surface area contributed by atoms with E-state index in [1.54, 1.807) is 0 Å². The van der Waals surface area contributed by atoms with Gasteiger partial charge in [0.15, 0.2) is 0 Å². The molecule has 0 atom stereocenters. The molecule has 0 aliphatic heterocycles. The van der Waals surface area contributed by atoms with E-state index in [4.69, 9.17) is 4.74 Å². The molecule has 0 aromatic heterocycles. The molecule has 5 heteroatoms. The summed E-state index contributed by atoms with van der Waals surface area (Å²) >= 11 is 3.41. The number of amides is 2. The molecule has 0 bridgehead atoms. The highest BCUT2D eigenvalue weighted by Gasteiger charge is 2.02. The van der Waals surface area contributed by atoms with E-state index in [-0.39, 0.29) is 6.03 Å². The van der Waals surface area contributed by atoms with Gasteiger partial charge >= 0.3 is 6.03 Å². The van der Waals surface area contributed by atoms with Crippen molar-refractivity contribution in [2.45, 2.75) is 13.5 Å². The summed E-state index contributed by atoms with van der Waals surface area (Å²) in [6.45, 7) is 3.41. The summed E-state index contributed by atoms with van der Waals surface area (Å²) in [5.74, 6) is 0.768. The number of para-hydroxylation sites is 1. The summed E-state index contributed by atoms with van der Waals surface area (Å²) in [7, 11) is 0. The van der Waals surface area contributed by atoms with Gasteiger partial charge < -0.3 is 15.4 Å². The maximum atomic E-state index is 11.7. The molecule has 2 aromatic rings. The Morgan fingerprint density at radius 1 is 1.09 bits per heavy atom. The second kappa shape index (κ2) is 8.44. The summed E-state index contributed by atoms with van der Waals surface area (Å²) in [5.41, 5.74) is 2.28. The maximum Gasteiger partial charge on any atom is 0.315 e. The van der Waals surface area contributed by atoms with Crippen LogP contribution < -0.4 is 15.4 Å². The molecule has 0 radical (unpaired) electrons. The van der Waals surface area contributed by atoms with Gasteiger partial charge in [0, 0.05) is 6.54 Å². The highest BCUT2D eigenvalue weighted by Crippen LogP contribution is 2.23. The number of benzene rings is 2. The lowest BCUT2D eigenvalue weighted by molar-refractivity contribution is 0.236. The predicted octanol–water partition coefficient (Wildman–Crippen LogP) is 3.64. The van der Waals surface area contributed by atoms with Gasteiger partial charge in [0.25, 0.3) is 0 Å². The second-order valence-electron chi connectivity index (χ2n) is 4.87. The van der Waals surface area contributed by atoms with Crippen LogP contribution in [0.15, 0.2) is 53.0 Å². The average molecular weight is 363 g/mol. The maximum absolute atomic E-state index is 11.7. The predicted molar refractivity (Wildman–Crippen MR) is 91.1 cm³/mol.